The van der Waals surface area contributed by atoms with Crippen LogP contribution in [0.25, 0.3) is 0 Å². The summed E-state index contributed by atoms with van der Waals surface area (Å²) in [6.07, 6.45) is 2.41. The van der Waals surface area contributed by atoms with E-state index in [4.69, 9.17) is 0 Å². The van der Waals surface area contributed by atoms with Crippen LogP contribution in [0.4, 0.5) is 0 Å². The quantitative estimate of drug-likeness (QED) is 0.834. The second kappa shape index (κ2) is 4.52. The predicted molar refractivity (Wildman–Crippen MR) is 74.3 cm³/mol. The van der Waals surface area contributed by atoms with Crippen LogP contribution in [0.15, 0.2) is 0 Å². The molecular formula is C15H28N2O. The van der Waals surface area contributed by atoms with Crippen LogP contribution in [-0.4, -0.2) is 37.5 Å². The number of piperidine rings is 1. The fraction of sp³-hybridized carbons (Fsp3) is 0.933. The van der Waals surface area contributed by atoms with Gasteiger partial charge in [-0.2, -0.15) is 0 Å². The number of nitrogens with zero attached hydrogens (tertiary/aromatic N) is 1. The van der Waals surface area contributed by atoms with Crippen molar-refractivity contribution in [2.45, 2.75) is 40.5 Å². The van der Waals surface area contributed by atoms with Crippen molar-refractivity contribution >= 4 is 5.91 Å². The number of rotatable bonds is 3. The first-order valence-corrected chi connectivity index (χ1v) is 7.24. The van der Waals surface area contributed by atoms with Crippen molar-refractivity contribution in [1.29, 1.82) is 0 Å². The van der Waals surface area contributed by atoms with Gasteiger partial charge in [0.1, 0.15) is 0 Å². The van der Waals surface area contributed by atoms with Gasteiger partial charge in [0.05, 0.1) is 0 Å². The summed E-state index contributed by atoms with van der Waals surface area (Å²) in [6.45, 7) is 12.0. The summed E-state index contributed by atoms with van der Waals surface area (Å²) >= 11 is 0. The van der Waals surface area contributed by atoms with E-state index in [9.17, 15) is 4.79 Å². The van der Waals surface area contributed by atoms with Gasteiger partial charge in [0.2, 0.25) is 5.91 Å². The minimum absolute atomic E-state index is 0.159. The number of hydrogen-bond acceptors (Lipinski definition) is 2. The summed E-state index contributed by atoms with van der Waals surface area (Å²) in [5.74, 6) is 1.24. The highest BCUT2D eigenvalue weighted by Gasteiger charge is 2.68. The first-order valence-electron chi connectivity index (χ1n) is 7.24. The minimum Gasteiger partial charge on any atom is -0.345 e. The first kappa shape index (κ1) is 13.9. The van der Waals surface area contributed by atoms with Gasteiger partial charge in [0.15, 0.2) is 0 Å². The minimum atomic E-state index is 0.159. The second-order valence-electron chi connectivity index (χ2n) is 7.29. The third-order valence-corrected chi connectivity index (χ3v) is 5.63. The highest BCUT2D eigenvalue weighted by atomic mass is 16.2. The van der Waals surface area contributed by atoms with E-state index in [0.29, 0.717) is 11.8 Å². The first-order chi connectivity index (χ1) is 8.28. The van der Waals surface area contributed by atoms with Gasteiger partial charge < -0.3 is 10.2 Å². The van der Waals surface area contributed by atoms with Gasteiger partial charge in [0, 0.05) is 19.5 Å². The Balaban J connectivity index is 1.90. The lowest BCUT2D eigenvalue weighted by atomic mass is 9.97. The number of hydrogen-bond donors (Lipinski definition) is 1. The highest BCUT2D eigenvalue weighted by molar-refractivity contribution is 5.84. The summed E-state index contributed by atoms with van der Waals surface area (Å²) in [6, 6.07) is 0. The lowest BCUT2D eigenvalue weighted by Gasteiger charge is -2.28. The van der Waals surface area contributed by atoms with Crippen LogP contribution in [0.5, 0.6) is 0 Å². The molecule has 2 fully saturated rings. The molecule has 2 rings (SSSR count). The number of nitrogens with one attached hydrogen (secondary N) is 1. The van der Waals surface area contributed by atoms with Gasteiger partial charge in [-0.3, -0.25) is 4.79 Å². The normalized spacial score (nSPS) is 26.9. The molecular weight excluding hydrogens is 224 g/mol. The van der Waals surface area contributed by atoms with E-state index in [1.54, 1.807) is 0 Å². The molecule has 1 heterocycles. The van der Waals surface area contributed by atoms with Crippen LogP contribution in [0, 0.1) is 22.7 Å². The molecule has 1 saturated heterocycles. The zero-order valence-corrected chi connectivity index (χ0v) is 12.5. The molecule has 0 atom stereocenters. The van der Waals surface area contributed by atoms with Gasteiger partial charge in [-0.25, -0.2) is 0 Å². The van der Waals surface area contributed by atoms with Gasteiger partial charge in [-0.05, 0) is 42.7 Å². The molecule has 0 aromatic rings. The maximum absolute atomic E-state index is 12.5. The van der Waals surface area contributed by atoms with Crippen LogP contribution < -0.4 is 5.32 Å². The SMILES string of the molecule is CN(CC1CCNCC1)C(=O)C1C(C)(C)C1(C)C. The Bertz CT molecular complexity index is 315. The van der Waals surface area contributed by atoms with Crippen molar-refractivity contribution in [3.8, 4) is 0 Å². The predicted octanol–water partition coefficient (Wildman–Crippen LogP) is 2.13. The summed E-state index contributed by atoms with van der Waals surface area (Å²) in [5.41, 5.74) is 0.318. The highest BCUT2D eigenvalue weighted by Crippen LogP contribution is 2.68. The number of carbonyl (C=O) groups excluding carboxylic acids is 1. The molecule has 0 unspecified atom stereocenters. The molecule has 1 aliphatic heterocycles. The summed E-state index contributed by atoms with van der Waals surface area (Å²) in [4.78, 5) is 14.5. The van der Waals surface area contributed by atoms with E-state index in [0.717, 1.165) is 19.6 Å². The maximum Gasteiger partial charge on any atom is 0.226 e. The third-order valence-electron chi connectivity index (χ3n) is 5.63. The zero-order chi connectivity index (χ0) is 13.6. The fourth-order valence-electron chi connectivity index (χ4n) is 3.58. The monoisotopic (exact) mass is 252 g/mol. The van der Waals surface area contributed by atoms with Crippen molar-refractivity contribution in [2.24, 2.45) is 22.7 Å². The Morgan fingerprint density at radius 3 is 2.11 bits per heavy atom. The molecule has 18 heavy (non-hydrogen) atoms. The summed E-state index contributed by atoms with van der Waals surface area (Å²) < 4.78 is 0. The van der Waals surface area contributed by atoms with Crippen molar-refractivity contribution in [2.75, 3.05) is 26.7 Å². The Morgan fingerprint density at radius 2 is 1.67 bits per heavy atom. The number of amides is 1. The third kappa shape index (κ3) is 2.18. The van der Waals surface area contributed by atoms with E-state index in [1.165, 1.54) is 12.8 Å². The van der Waals surface area contributed by atoms with Crippen LogP contribution in [0.2, 0.25) is 0 Å². The zero-order valence-electron chi connectivity index (χ0n) is 12.5. The summed E-state index contributed by atoms with van der Waals surface area (Å²) in [5, 5.41) is 3.38. The van der Waals surface area contributed by atoms with Crippen molar-refractivity contribution in [1.82, 2.24) is 10.2 Å². The van der Waals surface area contributed by atoms with E-state index < -0.39 is 0 Å². The molecule has 0 bridgehead atoms. The molecule has 104 valence electrons. The molecule has 1 aliphatic carbocycles. The second-order valence-corrected chi connectivity index (χ2v) is 7.29. The standard InChI is InChI=1S/C15H28N2O/c1-14(2)12(15(14,3)4)13(18)17(5)10-11-6-8-16-9-7-11/h11-12,16H,6-10H2,1-5H3. The number of carbonyl (C=O) groups is 1. The lowest BCUT2D eigenvalue weighted by Crippen LogP contribution is -2.38. The average Bonchev–Trinajstić information content (AvgIpc) is 2.70. The molecule has 0 radical (unpaired) electrons. The maximum atomic E-state index is 12.5. The van der Waals surface area contributed by atoms with E-state index in [1.807, 2.05) is 11.9 Å². The fourth-order valence-corrected chi connectivity index (χ4v) is 3.58. The topological polar surface area (TPSA) is 32.3 Å². The Morgan fingerprint density at radius 1 is 1.17 bits per heavy atom. The van der Waals surface area contributed by atoms with Gasteiger partial charge >= 0.3 is 0 Å². The van der Waals surface area contributed by atoms with Gasteiger partial charge in [0.25, 0.3) is 0 Å². The molecule has 3 nitrogen and oxygen atoms in total. The molecule has 0 spiro atoms. The average molecular weight is 252 g/mol. The van der Waals surface area contributed by atoms with Crippen LogP contribution in [0.3, 0.4) is 0 Å². The Kier molecular flexibility index (Phi) is 3.48. The van der Waals surface area contributed by atoms with Crippen LogP contribution >= 0.6 is 0 Å². The Labute approximate surface area is 111 Å². The van der Waals surface area contributed by atoms with Crippen molar-refractivity contribution in [3.63, 3.8) is 0 Å². The van der Waals surface area contributed by atoms with Gasteiger partial charge in [-0.1, -0.05) is 27.7 Å². The van der Waals surface area contributed by atoms with Gasteiger partial charge in [-0.15, -0.1) is 0 Å². The van der Waals surface area contributed by atoms with E-state index >= 15 is 0 Å². The van der Waals surface area contributed by atoms with Crippen molar-refractivity contribution in [3.05, 3.63) is 0 Å². The molecule has 3 heteroatoms. The van der Waals surface area contributed by atoms with E-state index in [2.05, 4.69) is 33.0 Å². The Hall–Kier alpha value is -0.570. The summed E-state index contributed by atoms with van der Waals surface area (Å²) in [7, 11) is 1.98. The lowest BCUT2D eigenvalue weighted by molar-refractivity contribution is -0.133. The molecule has 0 aromatic heterocycles. The largest absolute Gasteiger partial charge is 0.345 e. The molecule has 1 saturated carbocycles. The van der Waals surface area contributed by atoms with Crippen LogP contribution in [0.1, 0.15) is 40.5 Å². The van der Waals surface area contributed by atoms with E-state index in [-0.39, 0.29) is 16.7 Å². The van der Waals surface area contributed by atoms with Crippen molar-refractivity contribution < 1.29 is 4.79 Å². The molecule has 2 aliphatic rings. The molecule has 1 N–H and O–H groups in total. The molecule has 0 aromatic carbocycles. The van der Waals surface area contributed by atoms with Crippen LogP contribution in [-0.2, 0) is 4.79 Å². The smallest absolute Gasteiger partial charge is 0.226 e. The molecule has 1 amide bonds.